The van der Waals surface area contributed by atoms with E-state index in [1.54, 1.807) is 0 Å². The van der Waals surface area contributed by atoms with E-state index >= 15 is 0 Å². The van der Waals surface area contributed by atoms with E-state index in [1.807, 2.05) is 30.3 Å². The molecule has 17 heavy (non-hydrogen) atoms. The van der Waals surface area contributed by atoms with Crippen molar-refractivity contribution in [3.63, 3.8) is 0 Å². The van der Waals surface area contributed by atoms with E-state index in [2.05, 4.69) is 6.92 Å². The third kappa shape index (κ3) is 1.52. The summed E-state index contributed by atoms with van der Waals surface area (Å²) in [5, 5.41) is 12.0. The molecular formula is C15H14O2. The number of aromatic hydroxyl groups is 1. The highest BCUT2D eigenvalue weighted by atomic mass is 16.3. The zero-order chi connectivity index (χ0) is 12.0. The highest BCUT2D eigenvalue weighted by molar-refractivity contribution is 6.07. The molecule has 1 N–H and O–H groups in total. The van der Waals surface area contributed by atoms with Crippen LogP contribution in [-0.2, 0) is 6.42 Å². The second kappa shape index (κ2) is 3.59. The van der Waals surface area contributed by atoms with E-state index in [0.717, 1.165) is 22.8 Å². The van der Waals surface area contributed by atoms with Gasteiger partial charge in [-0.3, -0.25) is 4.79 Å². The van der Waals surface area contributed by atoms with Crippen LogP contribution in [0.15, 0.2) is 30.3 Å². The number of carbonyl (C=O) groups excluding carboxylic acids is 1. The van der Waals surface area contributed by atoms with Crippen LogP contribution in [0, 0.1) is 5.92 Å². The van der Waals surface area contributed by atoms with Gasteiger partial charge in [0.15, 0.2) is 5.78 Å². The summed E-state index contributed by atoms with van der Waals surface area (Å²) in [6.07, 6.45) is 1.42. The van der Waals surface area contributed by atoms with Gasteiger partial charge in [-0.05, 0) is 23.3 Å². The van der Waals surface area contributed by atoms with Crippen LogP contribution in [0.3, 0.4) is 0 Å². The predicted molar refractivity (Wildman–Crippen MR) is 67.4 cm³/mol. The largest absolute Gasteiger partial charge is 0.507 e. The lowest BCUT2D eigenvalue weighted by molar-refractivity contribution is 0.0950. The molecule has 0 amide bonds. The molecule has 2 aromatic rings. The first-order valence-corrected chi connectivity index (χ1v) is 5.93. The topological polar surface area (TPSA) is 37.3 Å². The molecule has 1 aliphatic rings. The normalized spacial score (nSPS) is 19.4. The van der Waals surface area contributed by atoms with Crippen molar-refractivity contribution in [2.45, 2.75) is 19.8 Å². The summed E-state index contributed by atoms with van der Waals surface area (Å²) in [6.45, 7) is 2.08. The first kappa shape index (κ1) is 10.3. The number of ketones is 1. The lowest BCUT2D eigenvalue weighted by Gasteiger charge is -2.22. The Bertz CT molecular complexity index is 614. The molecule has 2 aromatic carbocycles. The van der Waals surface area contributed by atoms with Crippen molar-refractivity contribution in [1.82, 2.24) is 0 Å². The van der Waals surface area contributed by atoms with Gasteiger partial charge in [0.2, 0.25) is 0 Å². The van der Waals surface area contributed by atoms with Gasteiger partial charge >= 0.3 is 0 Å². The zero-order valence-electron chi connectivity index (χ0n) is 9.73. The molecule has 0 heterocycles. The summed E-state index contributed by atoms with van der Waals surface area (Å²) in [4.78, 5) is 12.0. The second-order valence-corrected chi connectivity index (χ2v) is 4.92. The monoisotopic (exact) mass is 226 g/mol. The van der Waals surface area contributed by atoms with Gasteiger partial charge in [-0.25, -0.2) is 0 Å². The maximum absolute atomic E-state index is 12.0. The SMILES string of the molecule is CC1CC(=O)c2c(cc3ccccc3c2O)C1. The summed E-state index contributed by atoms with van der Waals surface area (Å²) in [6, 6.07) is 9.69. The third-order valence-corrected chi connectivity index (χ3v) is 3.48. The average Bonchev–Trinajstić information content (AvgIpc) is 2.28. The molecule has 0 spiro atoms. The minimum atomic E-state index is 0.0713. The number of fused-ring (bicyclic) bond motifs is 2. The maximum Gasteiger partial charge on any atom is 0.167 e. The molecule has 86 valence electrons. The van der Waals surface area contributed by atoms with Gasteiger partial charge in [-0.1, -0.05) is 37.3 Å². The Morgan fingerprint density at radius 1 is 1.24 bits per heavy atom. The number of benzene rings is 2. The van der Waals surface area contributed by atoms with Gasteiger partial charge < -0.3 is 5.11 Å². The van der Waals surface area contributed by atoms with Crippen LogP contribution in [0.1, 0.15) is 29.3 Å². The highest BCUT2D eigenvalue weighted by Gasteiger charge is 2.26. The fourth-order valence-electron chi connectivity index (χ4n) is 2.72. The summed E-state index contributed by atoms with van der Waals surface area (Å²) in [7, 11) is 0. The number of carbonyl (C=O) groups is 1. The number of phenolic OH excluding ortho intramolecular Hbond substituents is 1. The van der Waals surface area contributed by atoms with Crippen LogP contribution in [0.5, 0.6) is 5.75 Å². The molecule has 0 bridgehead atoms. The quantitative estimate of drug-likeness (QED) is 0.748. The molecule has 3 rings (SSSR count). The predicted octanol–water partition coefficient (Wildman–Crippen LogP) is 3.31. The molecule has 0 aromatic heterocycles. The van der Waals surface area contributed by atoms with Crippen LogP contribution in [0.4, 0.5) is 0 Å². The van der Waals surface area contributed by atoms with E-state index in [9.17, 15) is 9.90 Å². The van der Waals surface area contributed by atoms with Gasteiger partial charge in [0.25, 0.3) is 0 Å². The van der Waals surface area contributed by atoms with Crippen molar-refractivity contribution < 1.29 is 9.90 Å². The van der Waals surface area contributed by atoms with E-state index in [4.69, 9.17) is 0 Å². The molecule has 0 saturated carbocycles. The molecule has 2 nitrogen and oxygen atoms in total. The van der Waals surface area contributed by atoms with Crippen LogP contribution in [-0.4, -0.2) is 10.9 Å². The number of phenols is 1. The molecule has 0 saturated heterocycles. The van der Waals surface area contributed by atoms with E-state index in [-0.39, 0.29) is 11.5 Å². The molecule has 0 aliphatic heterocycles. The Morgan fingerprint density at radius 2 is 2.00 bits per heavy atom. The summed E-state index contributed by atoms with van der Waals surface area (Å²) in [5.74, 6) is 0.604. The number of hydrogen-bond acceptors (Lipinski definition) is 2. The third-order valence-electron chi connectivity index (χ3n) is 3.48. The van der Waals surface area contributed by atoms with Crippen molar-refractivity contribution in [3.8, 4) is 5.75 Å². The standard InChI is InChI=1S/C15H14O2/c1-9-6-11-8-10-4-2-3-5-12(10)15(17)14(11)13(16)7-9/h2-5,8-9,17H,6-7H2,1H3. The van der Waals surface area contributed by atoms with Crippen LogP contribution in [0.2, 0.25) is 0 Å². The lowest BCUT2D eigenvalue weighted by atomic mass is 9.82. The Labute approximate surface area is 99.9 Å². The van der Waals surface area contributed by atoms with Crippen molar-refractivity contribution in [1.29, 1.82) is 0 Å². The van der Waals surface area contributed by atoms with Crippen molar-refractivity contribution >= 4 is 16.6 Å². The number of Topliss-reactive ketones (excluding diaryl/α,β-unsaturated/α-hetero) is 1. The minimum absolute atomic E-state index is 0.0713. The Balaban J connectivity index is 2.35. The Hall–Kier alpha value is -1.83. The van der Waals surface area contributed by atoms with Gasteiger partial charge in [0, 0.05) is 11.8 Å². The number of rotatable bonds is 0. The summed E-state index contributed by atoms with van der Waals surface area (Å²) >= 11 is 0. The van der Waals surface area contributed by atoms with Crippen molar-refractivity contribution in [2.24, 2.45) is 5.92 Å². The Kier molecular flexibility index (Phi) is 2.18. The molecule has 0 fully saturated rings. The van der Waals surface area contributed by atoms with E-state index in [1.165, 1.54) is 0 Å². The van der Waals surface area contributed by atoms with Crippen molar-refractivity contribution in [3.05, 3.63) is 41.5 Å². The smallest absolute Gasteiger partial charge is 0.167 e. The number of hydrogen-bond donors (Lipinski definition) is 1. The molecule has 1 atom stereocenters. The highest BCUT2D eigenvalue weighted by Crippen LogP contribution is 2.37. The van der Waals surface area contributed by atoms with Crippen LogP contribution in [0.25, 0.3) is 10.8 Å². The van der Waals surface area contributed by atoms with Gasteiger partial charge in [-0.15, -0.1) is 0 Å². The molecule has 0 radical (unpaired) electrons. The van der Waals surface area contributed by atoms with Crippen LogP contribution >= 0.6 is 0 Å². The van der Waals surface area contributed by atoms with Crippen molar-refractivity contribution in [2.75, 3.05) is 0 Å². The fourth-order valence-corrected chi connectivity index (χ4v) is 2.72. The molecule has 1 aliphatic carbocycles. The fraction of sp³-hybridized carbons (Fsp3) is 0.267. The van der Waals surface area contributed by atoms with Gasteiger partial charge in [0.05, 0.1) is 5.56 Å². The first-order valence-electron chi connectivity index (χ1n) is 5.93. The van der Waals surface area contributed by atoms with Gasteiger partial charge in [0.1, 0.15) is 5.75 Å². The molecule has 1 unspecified atom stereocenters. The molecule has 2 heteroatoms. The van der Waals surface area contributed by atoms with E-state index < -0.39 is 0 Å². The lowest BCUT2D eigenvalue weighted by Crippen LogP contribution is -2.18. The van der Waals surface area contributed by atoms with E-state index in [0.29, 0.717) is 17.9 Å². The zero-order valence-corrected chi connectivity index (χ0v) is 9.73. The Morgan fingerprint density at radius 3 is 2.82 bits per heavy atom. The first-order chi connectivity index (χ1) is 8.16. The summed E-state index contributed by atoms with van der Waals surface area (Å²) < 4.78 is 0. The van der Waals surface area contributed by atoms with Gasteiger partial charge in [-0.2, -0.15) is 0 Å². The van der Waals surface area contributed by atoms with Crippen LogP contribution < -0.4 is 0 Å². The maximum atomic E-state index is 12.0. The second-order valence-electron chi connectivity index (χ2n) is 4.92. The average molecular weight is 226 g/mol. The molecular weight excluding hydrogens is 212 g/mol. The minimum Gasteiger partial charge on any atom is -0.507 e. The summed E-state index contributed by atoms with van der Waals surface area (Å²) in [5.41, 5.74) is 1.53.